The van der Waals surface area contributed by atoms with Crippen molar-refractivity contribution in [3.8, 4) is 28.4 Å². The molecular formula is C31H26N4O4. The van der Waals surface area contributed by atoms with E-state index in [9.17, 15) is 9.59 Å². The zero-order valence-corrected chi connectivity index (χ0v) is 21.4. The first-order valence-corrected chi connectivity index (χ1v) is 12.2. The minimum Gasteiger partial charge on any atom is -0.465 e. The summed E-state index contributed by atoms with van der Waals surface area (Å²) in [5.74, 6) is 0.147. The molecule has 0 aliphatic heterocycles. The van der Waals surface area contributed by atoms with Crippen molar-refractivity contribution in [1.29, 1.82) is 0 Å². The van der Waals surface area contributed by atoms with Crippen LogP contribution >= 0.6 is 0 Å². The summed E-state index contributed by atoms with van der Waals surface area (Å²) in [5, 5.41) is 7.66. The van der Waals surface area contributed by atoms with Gasteiger partial charge in [-0.2, -0.15) is 5.10 Å². The number of hydrogen-bond donors (Lipinski definition) is 2. The summed E-state index contributed by atoms with van der Waals surface area (Å²) in [6.45, 7) is 2.01. The highest BCUT2D eigenvalue weighted by Gasteiger charge is 2.19. The molecule has 3 N–H and O–H groups in total. The number of carbonyl (C=O) groups is 2. The summed E-state index contributed by atoms with van der Waals surface area (Å²) < 4.78 is 12.3. The predicted octanol–water partition coefficient (Wildman–Crippen LogP) is 6.26. The zero-order chi connectivity index (χ0) is 27.4. The number of para-hydroxylation sites is 1. The van der Waals surface area contributed by atoms with Gasteiger partial charge in [-0.05, 0) is 49.4 Å². The lowest BCUT2D eigenvalue weighted by molar-refractivity contribution is 0.0600. The number of hydrogen-bond acceptors (Lipinski definition) is 6. The molecule has 1 aromatic heterocycles. The van der Waals surface area contributed by atoms with Crippen LogP contribution in [-0.2, 0) is 4.74 Å². The van der Waals surface area contributed by atoms with Gasteiger partial charge in [0.1, 0.15) is 17.2 Å². The second-order valence-electron chi connectivity index (χ2n) is 8.90. The van der Waals surface area contributed by atoms with Crippen molar-refractivity contribution >= 4 is 23.3 Å². The number of nitrogens with one attached hydrogen (secondary N) is 1. The third kappa shape index (κ3) is 5.80. The first-order valence-electron chi connectivity index (χ1n) is 12.2. The van der Waals surface area contributed by atoms with E-state index < -0.39 is 5.97 Å². The number of aromatic nitrogens is 2. The van der Waals surface area contributed by atoms with Crippen molar-refractivity contribution < 1.29 is 19.1 Å². The summed E-state index contributed by atoms with van der Waals surface area (Å²) in [5.41, 5.74) is 11.1. The smallest absolute Gasteiger partial charge is 0.337 e. The Balaban J connectivity index is 1.42. The lowest BCUT2D eigenvalue weighted by atomic mass is 10.1. The highest BCUT2D eigenvalue weighted by molar-refractivity contribution is 6.08. The Morgan fingerprint density at radius 1 is 0.872 bits per heavy atom. The van der Waals surface area contributed by atoms with Crippen molar-refractivity contribution in [3.05, 3.63) is 120 Å². The van der Waals surface area contributed by atoms with Gasteiger partial charge in [-0.1, -0.05) is 48.0 Å². The van der Waals surface area contributed by atoms with Crippen LogP contribution in [0.3, 0.4) is 0 Å². The zero-order valence-electron chi connectivity index (χ0n) is 21.4. The predicted molar refractivity (Wildman–Crippen MR) is 150 cm³/mol. The van der Waals surface area contributed by atoms with Crippen molar-refractivity contribution in [2.75, 3.05) is 18.2 Å². The first-order chi connectivity index (χ1) is 18.9. The van der Waals surface area contributed by atoms with Crippen molar-refractivity contribution in [3.63, 3.8) is 0 Å². The highest BCUT2D eigenvalue weighted by Crippen LogP contribution is 2.30. The summed E-state index contributed by atoms with van der Waals surface area (Å²) >= 11 is 0. The second kappa shape index (κ2) is 10.9. The molecule has 0 fully saturated rings. The molecule has 0 bridgehead atoms. The number of aryl methyl sites for hydroxylation is 1. The maximum Gasteiger partial charge on any atom is 0.337 e. The fourth-order valence-corrected chi connectivity index (χ4v) is 4.04. The van der Waals surface area contributed by atoms with Crippen LogP contribution in [-0.4, -0.2) is 28.8 Å². The van der Waals surface area contributed by atoms with Gasteiger partial charge in [0, 0.05) is 35.3 Å². The summed E-state index contributed by atoms with van der Waals surface area (Å²) in [4.78, 5) is 25.2. The third-order valence-corrected chi connectivity index (χ3v) is 6.00. The lowest BCUT2D eigenvalue weighted by Crippen LogP contribution is -2.12. The molecule has 1 heterocycles. The van der Waals surface area contributed by atoms with Gasteiger partial charge < -0.3 is 20.5 Å². The number of amides is 1. The summed E-state index contributed by atoms with van der Waals surface area (Å²) in [7, 11) is 1.33. The molecule has 39 heavy (non-hydrogen) atoms. The van der Waals surface area contributed by atoms with Crippen molar-refractivity contribution in [2.24, 2.45) is 0 Å². The van der Waals surface area contributed by atoms with Crippen LogP contribution in [0.15, 0.2) is 103 Å². The van der Waals surface area contributed by atoms with Gasteiger partial charge >= 0.3 is 5.97 Å². The monoisotopic (exact) mass is 518 g/mol. The average molecular weight is 519 g/mol. The molecule has 0 aliphatic rings. The van der Waals surface area contributed by atoms with E-state index in [1.54, 1.807) is 53.3 Å². The number of carbonyl (C=O) groups excluding carboxylic acids is 2. The summed E-state index contributed by atoms with van der Waals surface area (Å²) in [6.07, 6.45) is 1.71. The summed E-state index contributed by atoms with van der Waals surface area (Å²) in [6, 6.07) is 29.0. The van der Waals surface area contributed by atoms with E-state index in [4.69, 9.17) is 20.3 Å². The number of nitrogens with two attached hydrogens (primary N) is 1. The number of nitrogen functional groups attached to an aromatic ring is 1. The molecule has 0 atom stereocenters. The van der Waals surface area contributed by atoms with Gasteiger partial charge in [-0.25, -0.2) is 9.48 Å². The molecule has 0 radical (unpaired) electrons. The van der Waals surface area contributed by atoms with Crippen molar-refractivity contribution in [2.45, 2.75) is 6.92 Å². The molecule has 5 aromatic rings. The molecule has 0 unspecified atom stereocenters. The van der Waals surface area contributed by atoms with Gasteiger partial charge in [-0.15, -0.1) is 0 Å². The Morgan fingerprint density at radius 3 is 2.28 bits per heavy atom. The van der Waals surface area contributed by atoms with E-state index in [2.05, 4.69) is 5.32 Å². The van der Waals surface area contributed by atoms with Gasteiger partial charge in [0.25, 0.3) is 5.91 Å². The third-order valence-electron chi connectivity index (χ3n) is 6.00. The number of benzene rings is 4. The quantitative estimate of drug-likeness (QED) is 0.194. The molecule has 194 valence electrons. The van der Waals surface area contributed by atoms with E-state index >= 15 is 0 Å². The number of methoxy groups -OCH3 is 1. The maximum atomic E-state index is 13.5. The normalized spacial score (nSPS) is 10.6. The van der Waals surface area contributed by atoms with Crippen LogP contribution in [0, 0.1) is 6.92 Å². The van der Waals surface area contributed by atoms with Gasteiger partial charge in [0.05, 0.1) is 23.9 Å². The molecular weight excluding hydrogens is 492 g/mol. The maximum absolute atomic E-state index is 13.5. The molecule has 5 rings (SSSR count). The lowest BCUT2D eigenvalue weighted by Gasteiger charge is -2.11. The van der Waals surface area contributed by atoms with E-state index in [-0.39, 0.29) is 5.91 Å². The highest BCUT2D eigenvalue weighted by atomic mass is 16.5. The van der Waals surface area contributed by atoms with Gasteiger partial charge in [0.15, 0.2) is 0 Å². The number of ether oxygens (including phenoxy) is 2. The largest absolute Gasteiger partial charge is 0.465 e. The number of rotatable bonds is 7. The first kappa shape index (κ1) is 25.3. The molecule has 0 spiro atoms. The van der Waals surface area contributed by atoms with Crippen LogP contribution in [0.2, 0.25) is 0 Å². The topological polar surface area (TPSA) is 108 Å². The standard InChI is InChI=1S/C31H26N4O4/c1-20-8-10-21(11-9-20)29-28(19-35(34-29)25-6-4-3-5-7-25)30(36)33-24-16-23(32)17-27(18-24)39-26-14-12-22(13-15-26)31(37)38-2/h3-19H,32H2,1-2H3,(H,33,36). The molecule has 8 heteroatoms. The SMILES string of the molecule is COC(=O)c1ccc(Oc2cc(N)cc(NC(=O)c3cn(-c4ccccc4)nc3-c3ccc(C)cc3)c2)cc1. The van der Waals surface area contributed by atoms with Crippen LogP contribution in [0.5, 0.6) is 11.5 Å². The molecule has 0 saturated carbocycles. The fourth-order valence-electron chi connectivity index (χ4n) is 4.04. The molecule has 4 aromatic carbocycles. The van der Waals surface area contributed by atoms with Gasteiger partial charge in [-0.3, -0.25) is 4.79 Å². The van der Waals surface area contributed by atoms with E-state index in [0.717, 1.165) is 16.8 Å². The molecule has 8 nitrogen and oxygen atoms in total. The Labute approximate surface area is 225 Å². The van der Waals surface area contributed by atoms with Crippen LogP contribution < -0.4 is 15.8 Å². The minimum absolute atomic E-state index is 0.341. The van der Waals surface area contributed by atoms with Crippen LogP contribution in [0.1, 0.15) is 26.3 Å². The molecule has 1 amide bonds. The Morgan fingerprint density at radius 2 is 1.59 bits per heavy atom. The molecule has 0 aliphatic carbocycles. The van der Waals surface area contributed by atoms with E-state index in [1.807, 2.05) is 61.5 Å². The van der Waals surface area contributed by atoms with E-state index in [1.165, 1.54) is 7.11 Å². The Bertz CT molecular complexity index is 1630. The number of esters is 1. The second-order valence-corrected chi connectivity index (χ2v) is 8.90. The number of anilines is 2. The Kier molecular flexibility index (Phi) is 7.09. The van der Waals surface area contributed by atoms with Gasteiger partial charge in [0.2, 0.25) is 0 Å². The Hall–Kier alpha value is -5.37. The number of nitrogens with zero attached hydrogens (tertiary/aromatic N) is 2. The minimum atomic E-state index is -0.434. The van der Waals surface area contributed by atoms with E-state index in [0.29, 0.717) is 39.7 Å². The van der Waals surface area contributed by atoms with Crippen LogP contribution in [0.25, 0.3) is 16.9 Å². The van der Waals surface area contributed by atoms with Crippen LogP contribution in [0.4, 0.5) is 11.4 Å². The fraction of sp³-hybridized carbons (Fsp3) is 0.0645. The molecule has 0 saturated heterocycles. The van der Waals surface area contributed by atoms with Crippen molar-refractivity contribution in [1.82, 2.24) is 9.78 Å². The average Bonchev–Trinajstić information content (AvgIpc) is 3.39.